The van der Waals surface area contributed by atoms with Crippen LogP contribution in [0.25, 0.3) is 0 Å². The first-order valence-electron chi connectivity index (χ1n) is 8.29. The molecule has 134 valence electrons. The Kier molecular flexibility index (Phi) is 7.18. The summed E-state index contributed by atoms with van der Waals surface area (Å²) in [5, 5.41) is 9.84. The third-order valence-electron chi connectivity index (χ3n) is 3.78. The number of rotatable bonds is 8. The molecule has 0 saturated heterocycles. The lowest BCUT2D eigenvalue weighted by Crippen LogP contribution is -2.50. The molecule has 1 aromatic heterocycles. The highest BCUT2D eigenvalue weighted by Gasteiger charge is 2.24. The molecule has 0 unspecified atom stereocenters. The third kappa shape index (κ3) is 5.70. The van der Waals surface area contributed by atoms with Gasteiger partial charge >= 0.3 is 0 Å². The largest absolute Gasteiger partial charge is 0.354 e. The summed E-state index contributed by atoms with van der Waals surface area (Å²) in [5.41, 5.74) is 0.514. The van der Waals surface area contributed by atoms with E-state index in [1.54, 1.807) is 24.4 Å². The minimum absolute atomic E-state index is 0.0162. The van der Waals surface area contributed by atoms with E-state index in [0.29, 0.717) is 16.6 Å². The quantitative estimate of drug-likeness (QED) is 0.661. The van der Waals surface area contributed by atoms with Gasteiger partial charge in [0.15, 0.2) is 0 Å². The molecule has 1 heterocycles. The smallest absolute Gasteiger partial charge is 0.253 e. The zero-order valence-electron chi connectivity index (χ0n) is 14.4. The van der Waals surface area contributed by atoms with Gasteiger partial charge in [0.1, 0.15) is 6.04 Å². The monoisotopic (exact) mass is 406 g/mol. The number of halogens is 1. The normalized spacial score (nSPS) is 12.0. The Balaban J connectivity index is 1.87. The number of amides is 2. The number of carbonyl (C=O) groups is 2. The molecule has 0 fully saturated rings. The van der Waals surface area contributed by atoms with Crippen molar-refractivity contribution in [3.8, 4) is 0 Å². The number of nitrogens with one attached hydrogen (secondary N) is 2. The molecule has 1 aromatic carbocycles. The van der Waals surface area contributed by atoms with E-state index in [1.165, 1.54) is 0 Å². The second kappa shape index (κ2) is 9.36. The van der Waals surface area contributed by atoms with Crippen LogP contribution >= 0.6 is 15.9 Å². The molecule has 0 aliphatic rings. The van der Waals surface area contributed by atoms with Gasteiger partial charge in [-0.3, -0.25) is 14.3 Å². The molecule has 0 aliphatic carbocycles. The lowest BCUT2D eigenvalue weighted by Gasteiger charge is -2.22. The standard InChI is InChI=1S/C18H23BrN4O2/c1-13(2)16(22-17(24)14-7-3-4-8-15(14)19)18(25)20-9-5-11-23-12-6-10-21-23/h3-4,6-8,10,12-13,16H,5,9,11H2,1-2H3,(H,20,25)(H,22,24)/t16-/m1/s1. The van der Waals surface area contributed by atoms with Crippen molar-refractivity contribution in [2.75, 3.05) is 6.54 Å². The number of aryl methyl sites for hydroxylation is 1. The van der Waals surface area contributed by atoms with Crippen molar-refractivity contribution < 1.29 is 9.59 Å². The highest BCUT2D eigenvalue weighted by Crippen LogP contribution is 2.16. The van der Waals surface area contributed by atoms with Crippen LogP contribution in [0.2, 0.25) is 0 Å². The van der Waals surface area contributed by atoms with Gasteiger partial charge in [0.2, 0.25) is 5.91 Å². The summed E-state index contributed by atoms with van der Waals surface area (Å²) in [4.78, 5) is 24.9. The van der Waals surface area contributed by atoms with E-state index in [1.807, 2.05) is 36.9 Å². The Morgan fingerprint density at radius 2 is 2.00 bits per heavy atom. The van der Waals surface area contributed by atoms with Crippen molar-refractivity contribution >= 4 is 27.7 Å². The second-order valence-electron chi connectivity index (χ2n) is 6.09. The van der Waals surface area contributed by atoms with Crippen molar-refractivity contribution in [2.24, 2.45) is 5.92 Å². The topological polar surface area (TPSA) is 76.0 Å². The molecule has 1 atom stereocenters. The number of benzene rings is 1. The van der Waals surface area contributed by atoms with Crippen molar-refractivity contribution in [2.45, 2.75) is 32.9 Å². The van der Waals surface area contributed by atoms with Crippen LogP contribution in [0.1, 0.15) is 30.6 Å². The summed E-state index contributed by atoms with van der Waals surface area (Å²) in [6, 6.07) is 8.44. The van der Waals surface area contributed by atoms with Gasteiger partial charge in [0, 0.05) is 30.0 Å². The first kappa shape index (κ1) is 19.2. The summed E-state index contributed by atoms with van der Waals surface area (Å²) < 4.78 is 2.52. The van der Waals surface area contributed by atoms with Crippen LogP contribution < -0.4 is 10.6 Å². The molecule has 0 bridgehead atoms. The zero-order valence-corrected chi connectivity index (χ0v) is 16.0. The van der Waals surface area contributed by atoms with Crippen molar-refractivity contribution in [1.82, 2.24) is 20.4 Å². The van der Waals surface area contributed by atoms with Crippen molar-refractivity contribution in [1.29, 1.82) is 0 Å². The van der Waals surface area contributed by atoms with Crippen molar-refractivity contribution in [3.63, 3.8) is 0 Å². The van der Waals surface area contributed by atoms with Crippen LogP contribution in [-0.4, -0.2) is 34.2 Å². The van der Waals surface area contributed by atoms with Gasteiger partial charge in [-0.25, -0.2) is 0 Å². The Hall–Kier alpha value is -2.15. The van der Waals surface area contributed by atoms with Crippen LogP contribution in [0.5, 0.6) is 0 Å². The van der Waals surface area contributed by atoms with E-state index < -0.39 is 6.04 Å². The van der Waals surface area contributed by atoms with Crippen LogP contribution in [0.3, 0.4) is 0 Å². The van der Waals surface area contributed by atoms with E-state index in [2.05, 4.69) is 31.7 Å². The molecule has 0 spiro atoms. The highest BCUT2D eigenvalue weighted by molar-refractivity contribution is 9.10. The average molecular weight is 407 g/mol. The lowest BCUT2D eigenvalue weighted by molar-refractivity contribution is -0.123. The predicted octanol–water partition coefficient (Wildman–Crippen LogP) is 2.61. The number of hydrogen-bond donors (Lipinski definition) is 2. The van der Waals surface area contributed by atoms with E-state index in [4.69, 9.17) is 0 Å². The molecule has 2 rings (SSSR count). The Morgan fingerprint density at radius 3 is 2.64 bits per heavy atom. The van der Waals surface area contributed by atoms with Crippen LogP contribution in [0.4, 0.5) is 0 Å². The summed E-state index contributed by atoms with van der Waals surface area (Å²) in [6.07, 6.45) is 4.39. The Labute approximate surface area is 156 Å². The molecule has 0 aliphatic heterocycles. The van der Waals surface area contributed by atoms with Gasteiger partial charge in [-0.05, 0) is 46.5 Å². The van der Waals surface area contributed by atoms with Gasteiger partial charge in [-0.15, -0.1) is 0 Å². The average Bonchev–Trinajstić information content (AvgIpc) is 3.09. The molecule has 6 nitrogen and oxygen atoms in total. The molecule has 0 radical (unpaired) electrons. The molecular weight excluding hydrogens is 384 g/mol. The highest BCUT2D eigenvalue weighted by atomic mass is 79.9. The van der Waals surface area contributed by atoms with Gasteiger partial charge in [-0.2, -0.15) is 5.10 Å². The number of hydrogen-bond acceptors (Lipinski definition) is 3. The fourth-order valence-corrected chi connectivity index (χ4v) is 2.86. The maximum absolute atomic E-state index is 12.4. The minimum Gasteiger partial charge on any atom is -0.354 e. The Morgan fingerprint density at radius 1 is 1.24 bits per heavy atom. The van der Waals surface area contributed by atoms with Gasteiger partial charge in [-0.1, -0.05) is 26.0 Å². The lowest BCUT2D eigenvalue weighted by atomic mass is 10.0. The van der Waals surface area contributed by atoms with Gasteiger partial charge in [0.25, 0.3) is 5.91 Å². The molecule has 2 amide bonds. The summed E-state index contributed by atoms with van der Waals surface area (Å²) in [5.74, 6) is -0.453. The first-order chi connectivity index (χ1) is 12.0. The maximum atomic E-state index is 12.4. The summed E-state index contributed by atoms with van der Waals surface area (Å²) in [7, 11) is 0. The molecular formula is C18H23BrN4O2. The van der Waals surface area contributed by atoms with E-state index >= 15 is 0 Å². The number of carbonyl (C=O) groups excluding carboxylic acids is 2. The molecule has 2 aromatic rings. The molecule has 0 saturated carbocycles. The van der Waals surface area contributed by atoms with Crippen LogP contribution in [0, 0.1) is 5.92 Å². The van der Waals surface area contributed by atoms with Crippen molar-refractivity contribution in [3.05, 3.63) is 52.8 Å². The van der Waals surface area contributed by atoms with E-state index in [-0.39, 0.29) is 17.7 Å². The number of aromatic nitrogens is 2. The molecule has 2 N–H and O–H groups in total. The minimum atomic E-state index is -0.579. The maximum Gasteiger partial charge on any atom is 0.253 e. The van der Waals surface area contributed by atoms with E-state index in [9.17, 15) is 9.59 Å². The zero-order chi connectivity index (χ0) is 18.2. The third-order valence-corrected chi connectivity index (χ3v) is 4.47. The first-order valence-corrected chi connectivity index (χ1v) is 9.09. The summed E-state index contributed by atoms with van der Waals surface area (Å²) >= 11 is 3.36. The van der Waals surface area contributed by atoms with Crippen LogP contribution in [0.15, 0.2) is 47.2 Å². The SMILES string of the molecule is CC(C)[C@@H](NC(=O)c1ccccc1Br)C(=O)NCCCn1cccn1. The van der Waals surface area contributed by atoms with Gasteiger partial charge in [0.05, 0.1) is 5.56 Å². The van der Waals surface area contributed by atoms with Crippen LogP contribution in [-0.2, 0) is 11.3 Å². The predicted molar refractivity (Wildman–Crippen MR) is 100 cm³/mol. The van der Waals surface area contributed by atoms with Gasteiger partial charge < -0.3 is 10.6 Å². The summed E-state index contributed by atoms with van der Waals surface area (Å²) in [6.45, 7) is 5.10. The molecule has 7 heteroatoms. The second-order valence-corrected chi connectivity index (χ2v) is 6.94. The Bertz CT molecular complexity index is 701. The van der Waals surface area contributed by atoms with E-state index in [0.717, 1.165) is 13.0 Å². The fraction of sp³-hybridized carbons (Fsp3) is 0.389. The number of nitrogens with zero attached hydrogens (tertiary/aromatic N) is 2. The molecule has 25 heavy (non-hydrogen) atoms. The fourth-order valence-electron chi connectivity index (χ4n) is 2.39.